The van der Waals surface area contributed by atoms with E-state index >= 15 is 0 Å². The predicted molar refractivity (Wildman–Crippen MR) is 93.5 cm³/mol. The van der Waals surface area contributed by atoms with Crippen molar-refractivity contribution >= 4 is 34.8 Å². The molecule has 1 aliphatic heterocycles. The first-order chi connectivity index (χ1) is 11.4. The lowest BCUT2D eigenvalue weighted by Crippen LogP contribution is -2.44. The Balaban J connectivity index is 1.96. The smallest absolute Gasteiger partial charge is 0.268 e. The third-order valence-corrected chi connectivity index (χ3v) is 3.99. The highest BCUT2D eigenvalue weighted by molar-refractivity contribution is 6.30. The number of fused-ring (bicyclic) bond motifs is 1. The van der Waals surface area contributed by atoms with Gasteiger partial charge in [0.2, 0.25) is 5.91 Å². The molecule has 24 heavy (non-hydrogen) atoms. The van der Waals surface area contributed by atoms with Crippen LogP contribution in [0.5, 0.6) is 5.75 Å². The summed E-state index contributed by atoms with van der Waals surface area (Å²) >= 11 is 5.92. The van der Waals surface area contributed by atoms with E-state index < -0.39 is 6.10 Å². The van der Waals surface area contributed by atoms with Gasteiger partial charge in [-0.15, -0.1) is 0 Å². The van der Waals surface area contributed by atoms with Crippen LogP contribution in [-0.2, 0) is 16.1 Å². The summed E-state index contributed by atoms with van der Waals surface area (Å²) in [5.74, 6) is 0.318. The minimum absolute atomic E-state index is 0.127. The van der Waals surface area contributed by atoms with Gasteiger partial charge in [0.1, 0.15) is 5.75 Å². The number of hydrogen-bond donors (Lipinski definition) is 1. The van der Waals surface area contributed by atoms with E-state index in [1.165, 1.54) is 6.92 Å². The highest BCUT2D eigenvalue weighted by Gasteiger charge is 2.31. The average molecular weight is 345 g/mol. The van der Waals surface area contributed by atoms with Crippen LogP contribution in [0.2, 0.25) is 5.02 Å². The third-order valence-electron chi connectivity index (χ3n) is 3.74. The first-order valence-electron chi connectivity index (χ1n) is 7.58. The normalized spacial score (nSPS) is 16.4. The number of halogens is 1. The van der Waals surface area contributed by atoms with E-state index in [0.717, 1.165) is 5.56 Å². The van der Waals surface area contributed by atoms with E-state index in [4.69, 9.17) is 16.3 Å². The van der Waals surface area contributed by atoms with Crippen LogP contribution >= 0.6 is 11.6 Å². The maximum absolute atomic E-state index is 12.6. The third kappa shape index (κ3) is 3.36. The Morgan fingerprint density at radius 1 is 1.25 bits per heavy atom. The van der Waals surface area contributed by atoms with Gasteiger partial charge in [0.05, 0.1) is 12.2 Å². The summed E-state index contributed by atoms with van der Waals surface area (Å²) in [6.45, 7) is 3.57. The van der Waals surface area contributed by atoms with Crippen LogP contribution in [-0.4, -0.2) is 17.9 Å². The van der Waals surface area contributed by atoms with Crippen LogP contribution in [0.25, 0.3) is 0 Å². The van der Waals surface area contributed by atoms with Crippen molar-refractivity contribution in [3.8, 4) is 5.75 Å². The van der Waals surface area contributed by atoms with Gasteiger partial charge in [-0.2, -0.15) is 0 Å². The van der Waals surface area contributed by atoms with Gasteiger partial charge in [0, 0.05) is 17.6 Å². The number of carbonyl (C=O) groups excluding carboxylic acids is 2. The lowest BCUT2D eigenvalue weighted by molar-refractivity contribution is -0.125. The van der Waals surface area contributed by atoms with E-state index in [-0.39, 0.29) is 11.8 Å². The molecule has 1 heterocycles. The Morgan fingerprint density at radius 2 is 1.96 bits per heavy atom. The number of anilines is 2. The minimum atomic E-state index is -0.559. The number of benzene rings is 2. The standard InChI is InChI=1S/C18H17ClN2O3/c1-11-18(23)21(10-13-3-5-14(19)6-4-13)16-9-15(20-12(2)22)7-8-17(16)24-11/h3-9,11H,10H2,1-2H3,(H,20,22). The van der Waals surface area contributed by atoms with Crippen molar-refractivity contribution in [3.63, 3.8) is 0 Å². The zero-order valence-corrected chi connectivity index (χ0v) is 14.1. The molecular weight excluding hydrogens is 328 g/mol. The van der Waals surface area contributed by atoms with Gasteiger partial charge in [-0.05, 0) is 42.8 Å². The second kappa shape index (κ2) is 6.53. The monoisotopic (exact) mass is 344 g/mol. The first-order valence-corrected chi connectivity index (χ1v) is 7.96. The number of ether oxygens (including phenoxy) is 1. The molecule has 124 valence electrons. The second-order valence-electron chi connectivity index (χ2n) is 5.67. The molecule has 3 rings (SSSR count). The zero-order valence-electron chi connectivity index (χ0n) is 13.4. The number of amides is 2. The molecule has 1 unspecified atom stereocenters. The molecule has 0 saturated carbocycles. The molecule has 0 saturated heterocycles. The minimum Gasteiger partial charge on any atom is -0.479 e. The summed E-state index contributed by atoms with van der Waals surface area (Å²) in [5.41, 5.74) is 2.21. The highest BCUT2D eigenvalue weighted by Crippen LogP contribution is 2.37. The Hall–Kier alpha value is -2.53. The van der Waals surface area contributed by atoms with Gasteiger partial charge in [-0.3, -0.25) is 9.59 Å². The van der Waals surface area contributed by atoms with Crippen LogP contribution in [0.15, 0.2) is 42.5 Å². The van der Waals surface area contributed by atoms with E-state index in [2.05, 4.69) is 5.32 Å². The van der Waals surface area contributed by atoms with E-state index in [1.54, 1.807) is 42.2 Å². The van der Waals surface area contributed by atoms with Gasteiger partial charge >= 0.3 is 0 Å². The quantitative estimate of drug-likeness (QED) is 0.925. The van der Waals surface area contributed by atoms with Gasteiger partial charge in [0.25, 0.3) is 5.91 Å². The van der Waals surface area contributed by atoms with Crippen molar-refractivity contribution < 1.29 is 14.3 Å². The van der Waals surface area contributed by atoms with Gasteiger partial charge < -0.3 is 15.0 Å². The van der Waals surface area contributed by atoms with Crippen molar-refractivity contribution in [2.45, 2.75) is 26.5 Å². The molecule has 0 fully saturated rings. The molecule has 1 N–H and O–H groups in total. The lowest BCUT2D eigenvalue weighted by atomic mass is 10.1. The Labute approximate surface area is 145 Å². The fourth-order valence-electron chi connectivity index (χ4n) is 2.62. The molecule has 5 nitrogen and oxygen atoms in total. The number of hydrogen-bond acceptors (Lipinski definition) is 3. The molecular formula is C18H17ClN2O3. The number of carbonyl (C=O) groups is 2. The molecule has 2 aromatic carbocycles. The van der Waals surface area contributed by atoms with E-state index in [0.29, 0.717) is 28.7 Å². The summed E-state index contributed by atoms with van der Waals surface area (Å²) in [6, 6.07) is 12.6. The molecule has 0 spiro atoms. The lowest BCUT2D eigenvalue weighted by Gasteiger charge is -2.33. The van der Waals surface area contributed by atoms with Crippen molar-refractivity contribution in [1.82, 2.24) is 0 Å². The molecule has 0 aliphatic carbocycles. The number of nitrogens with one attached hydrogen (secondary N) is 1. The summed E-state index contributed by atoms with van der Waals surface area (Å²) in [4.78, 5) is 25.5. The van der Waals surface area contributed by atoms with Gasteiger partial charge in [0.15, 0.2) is 6.10 Å². The van der Waals surface area contributed by atoms with Crippen molar-refractivity contribution in [2.24, 2.45) is 0 Å². The molecule has 0 radical (unpaired) electrons. The van der Waals surface area contributed by atoms with E-state index in [1.807, 2.05) is 12.1 Å². The summed E-state index contributed by atoms with van der Waals surface area (Å²) in [6.07, 6.45) is -0.559. The highest BCUT2D eigenvalue weighted by atomic mass is 35.5. The van der Waals surface area contributed by atoms with Crippen LogP contribution in [0.3, 0.4) is 0 Å². The van der Waals surface area contributed by atoms with Crippen LogP contribution < -0.4 is 15.0 Å². The van der Waals surface area contributed by atoms with Crippen LogP contribution in [0.4, 0.5) is 11.4 Å². The van der Waals surface area contributed by atoms with Crippen LogP contribution in [0, 0.1) is 0 Å². The Bertz CT molecular complexity index is 789. The molecule has 6 heteroatoms. The maximum atomic E-state index is 12.6. The molecule has 1 atom stereocenters. The molecule has 0 aromatic heterocycles. The SMILES string of the molecule is CC(=O)Nc1ccc2c(c1)N(Cc1ccc(Cl)cc1)C(=O)C(C)O2. The summed E-state index contributed by atoms with van der Waals surface area (Å²) in [5, 5.41) is 3.37. The zero-order chi connectivity index (χ0) is 17.3. The maximum Gasteiger partial charge on any atom is 0.268 e. The fourth-order valence-corrected chi connectivity index (χ4v) is 2.75. The van der Waals surface area contributed by atoms with Gasteiger partial charge in [-0.25, -0.2) is 0 Å². The number of rotatable bonds is 3. The largest absolute Gasteiger partial charge is 0.479 e. The van der Waals surface area contributed by atoms with Crippen molar-refractivity contribution in [1.29, 1.82) is 0 Å². The molecule has 1 aliphatic rings. The van der Waals surface area contributed by atoms with Crippen molar-refractivity contribution in [3.05, 3.63) is 53.1 Å². The second-order valence-corrected chi connectivity index (χ2v) is 6.11. The summed E-state index contributed by atoms with van der Waals surface area (Å²) < 4.78 is 5.67. The predicted octanol–water partition coefficient (Wildman–Crippen LogP) is 3.61. The first kappa shape index (κ1) is 16.3. The Kier molecular flexibility index (Phi) is 4.44. The van der Waals surface area contributed by atoms with Crippen LogP contribution in [0.1, 0.15) is 19.4 Å². The number of nitrogens with zero attached hydrogens (tertiary/aromatic N) is 1. The van der Waals surface area contributed by atoms with E-state index in [9.17, 15) is 9.59 Å². The molecule has 2 aromatic rings. The average Bonchev–Trinajstić information content (AvgIpc) is 2.53. The van der Waals surface area contributed by atoms with Gasteiger partial charge in [-0.1, -0.05) is 23.7 Å². The Morgan fingerprint density at radius 3 is 2.62 bits per heavy atom. The van der Waals surface area contributed by atoms with Crippen molar-refractivity contribution in [2.75, 3.05) is 10.2 Å². The molecule has 0 bridgehead atoms. The summed E-state index contributed by atoms with van der Waals surface area (Å²) in [7, 11) is 0. The topological polar surface area (TPSA) is 58.6 Å². The molecule has 2 amide bonds. The fraction of sp³-hybridized carbons (Fsp3) is 0.222.